The van der Waals surface area contributed by atoms with E-state index in [1.807, 2.05) is 13.8 Å². The van der Waals surface area contributed by atoms with Crippen molar-refractivity contribution in [2.45, 2.75) is 19.8 Å². The molecular weight excluding hydrogens is 181 g/mol. The average molecular weight is 195 g/mol. The molecule has 0 saturated carbocycles. The molecule has 1 aromatic carbocycles. The lowest BCUT2D eigenvalue weighted by Gasteiger charge is -2.12. The zero-order chi connectivity index (χ0) is 10.7. The zero-order valence-corrected chi connectivity index (χ0v) is 8.60. The van der Waals surface area contributed by atoms with E-state index in [0.717, 1.165) is 0 Å². The predicted octanol–water partition coefficient (Wildman–Crippen LogP) is 2.31. The summed E-state index contributed by atoms with van der Waals surface area (Å²) in [4.78, 5) is 11.4. The van der Waals surface area contributed by atoms with E-state index in [2.05, 4.69) is 5.32 Å². The van der Waals surface area contributed by atoms with Crippen molar-refractivity contribution in [3.63, 3.8) is 0 Å². The van der Waals surface area contributed by atoms with Crippen LogP contribution in [-0.4, -0.2) is 13.0 Å². The molecule has 76 valence electrons. The first kappa shape index (κ1) is 10.7. The first-order valence-electron chi connectivity index (χ1n) is 4.58. The van der Waals surface area contributed by atoms with Gasteiger partial charge in [-0.1, -0.05) is 19.9 Å². The summed E-state index contributed by atoms with van der Waals surface area (Å²) < 4.78 is 13.4. The number of carbonyl (C=O) groups excluding carboxylic acids is 1. The summed E-state index contributed by atoms with van der Waals surface area (Å²) in [5, 5.41) is 2.50. The number of rotatable bonds is 2. The SMILES string of the molecule is CNC(=O)c1cccc(F)c1C(C)C. The standard InChI is InChI=1S/C11H14FNO/c1-7(2)10-8(11(14)13-3)5-4-6-9(10)12/h4-7H,1-3H3,(H,13,14). The van der Waals surface area contributed by atoms with Gasteiger partial charge in [-0.2, -0.15) is 0 Å². The molecule has 0 heterocycles. The van der Waals surface area contributed by atoms with Gasteiger partial charge in [0.1, 0.15) is 5.82 Å². The van der Waals surface area contributed by atoms with E-state index >= 15 is 0 Å². The van der Waals surface area contributed by atoms with Gasteiger partial charge in [0.15, 0.2) is 0 Å². The van der Waals surface area contributed by atoms with Gasteiger partial charge < -0.3 is 5.32 Å². The van der Waals surface area contributed by atoms with Crippen molar-refractivity contribution in [1.82, 2.24) is 5.32 Å². The molecule has 0 aliphatic carbocycles. The van der Waals surface area contributed by atoms with Gasteiger partial charge >= 0.3 is 0 Å². The Labute approximate surface area is 83.1 Å². The highest BCUT2D eigenvalue weighted by atomic mass is 19.1. The Morgan fingerprint density at radius 1 is 1.43 bits per heavy atom. The molecule has 0 spiro atoms. The van der Waals surface area contributed by atoms with E-state index in [0.29, 0.717) is 11.1 Å². The highest BCUT2D eigenvalue weighted by Crippen LogP contribution is 2.22. The molecule has 0 atom stereocenters. The van der Waals surface area contributed by atoms with Gasteiger partial charge in [-0.15, -0.1) is 0 Å². The summed E-state index contributed by atoms with van der Waals surface area (Å²) in [6.45, 7) is 3.73. The van der Waals surface area contributed by atoms with Gasteiger partial charge in [0, 0.05) is 18.2 Å². The van der Waals surface area contributed by atoms with Gasteiger partial charge in [0.25, 0.3) is 5.91 Å². The van der Waals surface area contributed by atoms with Crippen molar-refractivity contribution in [3.05, 3.63) is 35.1 Å². The van der Waals surface area contributed by atoms with Crippen LogP contribution in [0.2, 0.25) is 0 Å². The van der Waals surface area contributed by atoms with Crippen molar-refractivity contribution >= 4 is 5.91 Å². The minimum atomic E-state index is -0.318. The number of hydrogen-bond donors (Lipinski definition) is 1. The number of carbonyl (C=O) groups is 1. The Morgan fingerprint density at radius 2 is 2.07 bits per heavy atom. The summed E-state index contributed by atoms with van der Waals surface area (Å²) >= 11 is 0. The minimum Gasteiger partial charge on any atom is -0.355 e. The molecule has 2 nitrogen and oxygen atoms in total. The van der Waals surface area contributed by atoms with Gasteiger partial charge in [-0.25, -0.2) is 4.39 Å². The number of nitrogens with one attached hydrogen (secondary N) is 1. The lowest BCUT2D eigenvalue weighted by atomic mass is 9.96. The van der Waals surface area contributed by atoms with Crippen LogP contribution in [0.4, 0.5) is 4.39 Å². The van der Waals surface area contributed by atoms with Gasteiger partial charge in [-0.05, 0) is 18.1 Å². The molecule has 0 aliphatic heterocycles. The van der Waals surface area contributed by atoms with E-state index in [1.54, 1.807) is 12.1 Å². The average Bonchev–Trinajstić information content (AvgIpc) is 2.15. The lowest BCUT2D eigenvalue weighted by molar-refractivity contribution is 0.0961. The van der Waals surface area contributed by atoms with Crippen molar-refractivity contribution in [2.24, 2.45) is 0 Å². The zero-order valence-electron chi connectivity index (χ0n) is 8.60. The normalized spacial score (nSPS) is 10.4. The maximum atomic E-state index is 13.4. The van der Waals surface area contributed by atoms with Crippen LogP contribution in [0.3, 0.4) is 0 Å². The Kier molecular flexibility index (Phi) is 3.23. The molecule has 0 fully saturated rings. The van der Waals surface area contributed by atoms with Crippen LogP contribution in [0.25, 0.3) is 0 Å². The predicted molar refractivity (Wildman–Crippen MR) is 53.9 cm³/mol. The first-order valence-corrected chi connectivity index (χ1v) is 4.58. The largest absolute Gasteiger partial charge is 0.355 e. The van der Waals surface area contributed by atoms with Gasteiger partial charge in [0.05, 0.1) is 0 Å². The van der Waals surface area contributed by atoms with Crippen LogP contribution in [0.1, 0.15) is 35.7 Å². The fourth-order valence-electron chi connectivity index (χ4n) is 1.46. The van der Waals surface area contributed by atoms with Crippen LogP contribution in [0.15, 0.2) is 18.2 Å². The third-order valence-electron chi connectivity index (χ3n) is 2.10. The summed E-state index contributed by atoms with van der Waals surface area (Å²) in [7, 11) is 1.54. The smallest absolute Gasteiger partial charge is 0.251 e. The summed E-state index contributed by atoms with van der Waals surface area (Å²) in [6, 6.07) is 4.56. The Balaban J connectivity index is 3.28. The van der Waals surface area contributed by atoms with Crippen LogP contribution in [0, 0.1) is 5.82 Å². The van der Waals surface area contributed by atoms with E-state index in [9.17, 15) is 9.18 Å². The lowest BCUT2D eigenvalue weighted by Crippen LogP contribution is -2.20. The third-order valence-corrected chi connectivity index (χ3v) is 2.10. The van der Waals surface area contributed by atoms with Crippen LogP contribution < -0.4 is 5.32 Å². The van der Waals surface area contributed by atoms with Gasteiger partial charge in [-0.3, -0.25) is 4.79 Å². The quantitative estimate of drug-likeness (QED) is 0.770. The molecule has 0 aromatic heterocycles. The van der Waals surface area contributed by atoms with Crippen LogP contribution in [-0.2, 0) is 0 Å². The second kappa shape index (κ2) is 4.22. The maximum absolute atomic E-state index is 13.4. The fourth-order valence-corrected chi connectivity index (χ4v) is 1.46. The van der Waals surface area contributed by atoms with Gasteiger partial charge in [0.2, 0.25) is 0 Å². The van der Waals surface area contributed by atoms with Crippen molar-refractivity contribution < 1.29 is 9.18 Å². The van der Waals surface area contributed by atoms with E-state index in [4.69, 9.17) is 0 Å². The molecule has 0 saturated heterocycles. The van der Waals surface area contributed by atoms with Crippen LogP contribution >= 0.6 is 0 Å². The molecular formula is C11H14FNO. The van der Waals surface area contributed by atoms with E-state index < -0.39 is 0 Å². The Bertz CT molecular complexity index is 347. The topological polar surface area (TPSA) is 29.1 Å². The molecule has 0 unspecified atom stereocenters. The molecule has 1 aromatic rings. The molecule has 1 amide bonds. The van der Waals surface area contributed by atoms with Crippen molar-refractivity contribution in [2.75, 3.05) is 7.05 Å². The fraction of sp³-hybridized carbons (Fsp3) is 0.364. The minimum absolute atomic E-state index is 0.00324. The third kappa shape index (κ3) is 1.92. The monoisotopic (exact) mass is 195 g/mol. The molecule has 1 N–H and O–H groups in total. The highest BCUT2D eigenvalue weighted by molar-refractivity contribution is 5.95. The maximum Gasteiger partial charge on any atom is 0.251 e. The summed E-state index contributed by atoms with van der Waals surface area (Å²) in [5.41, 5.74) is 0.898. The number of benzene rings is 1. The van der Waals surface area contributed by atoms with E-state index in [-0.39, 0.29) is 17.6 Å². The molecule has 3 heteroatoms. The van der Waals surface area contributed by atoms with E-state index in [1.165, 1.54) is 13.1 Å². The van der Waals surface area contributed by atoms with Crippen molar-refractivity contribution in [1.29, 1.82) is 0 Å². The highest BCUT2D eigenvalue weighted by Gasteiger charge is 2.16. The van der Waals surface area contributed by atoms with Crippen LogP contribution in [0.5, 0.6) is 0 Å². The molecule has 1 rings (SSSR count). The summed E-state index contributed by atoms with van der Waals surface area (Å²) in [6.07, 6.45) is 0. The molecule has 0 bridgehead atoms. The second-order valence-corrected chi connectivity index (χ2v) is 3.43. The molecule has 0 aliphatic rings. The Morgan fingerprint density at radius 3 is 2.57 bits per heavy atom. The summed E-state index contributed by atoms with van der Waals surface area (Å²) in [5.74, 6) is -0.558. The van der Waals surface area contributed by atoms with Crippen molar-refractivity contribution in [3.8, 4) is 0 Å². The molecule has 0 radical (unpaired) electrons. The molecule has 14 heavy (non-hydrogen) atoms. The number of hydrogen-bond acceptors (Lipinski definition) is 1. The second-order valence-electron chi connectivity index (χ2n) is 3.43. The number of amides is 1. The first-order chi connectivity index (χ1) is 6.57. The Hall–Kier alpha value is -1.38. The number of halogens is 1.